The van der Waals surface area contributed by atoms with Crippen molar-refractivity contribution in [3.05, 3.63) is 0 Å². The number of carbonyl (C=O) groups is 4. The van der Waals surface area contributed by atoms with Crippen LogP contribution in [0.25, 0.3) is 0 Å². The van der Waals surface area contributed by atoms with Crippen LogP contribution in [0, 0.1) is 0 Å². The van der Waals surface area contributed by atoms with Gasteiger partial charge < -0.3 is 24.1 Å². The molecule has 0 saturated heterocycles. The van der Waals surface area contributed by atoms with Gasteiger partial charge in [0.1, 0.15) is 22.8 Å². The van der Waals surface area contributed by atoms with Crippen LogP contribution in [0.4, 0.5) is 9.59 Å². The summed E-state index contributed by atoms with van der Waals surface area (Å²) in [6.07, 6.45) is -3.58. The highest BCUT2D eigenvalue weighted by atomic mass is 16.6. The molecule has 0 saturated carbocycles. The molecule has 2 atom stereocenters. The molecule has 0 aliphatic rings. The van der Waals surface area contributed by atoms with Crippen molar-refractivity contribution in [3.63, 3.8) is 0 Å². The standard InChI is InChI=1S/C23H41NO9/c1-11-30-18(27)16(25)14-12-13-15(17(26)31-21(2,3)4)24(19(28)32-22(5,6)7)20(29)33-23(8,9)10/h15-16,25H,11-14H2,1-10H3/t15-,16-/m0/s1. The Labute approximate surface area is 196 Å². The van der Waals surface area contributed by atoms with E-state index in [0.717, 1.165) is 0 Å². The van der Waals surface area contributed by atoms with Crippen molar-refractivity contribution < 1.29 is 43.2 Å². The lowest BCUT2D eigenvalue weighted by Crippen LogP contribution is -2.53. The van der Waals surface area contributed by atoms with Crippen LogP contribution in [0.5, 0.6) is 0 Å². The predicted molar refractivity (Wildman–Crippen MR) is 120 cm³/mol. The normalized spacial score (nSPS) is 14.0. The summed E-state index contributed by atoms with van der Waals surface area (Å²) >= 11 is 0. The van der Waals surface area contributed by atoms with Gasteiger partial charge in [0, 0.05) is 0 Å². The van der Waals surface area contributed by atoms with Gasteiger partial charge in [-0.05, 0) is 88.5 Å². The highest BCUT2D eigenvalue weighted by Gasteiger charge is 2.42. The van der Waals surface area contributed by atoms with Gasteiger partial charge in [-0.1, -0.05) is 0 Å². The molecule has 2 amide bonds. The number of esters is 2. The zero-order valence-corrected chi connectivity index (χ0v) is 21.6. The molecule has 10 nitrogen and oxygen atoms in total. The van der Waals surface area contributed by atoms with Gasteiger partial charge in [-0.2, -0.15) is 4.90 Å². The van der Waals surface area contributed by atoms with Crippen molar-refractivity contribution in [3.8, 4) is 0 Å². The number of rotatable bonds is 8. The fraction of sp³-hybridized carbons (Fsp3) is 0.826. The third-order valence-corrected chi connectivity index (χ3v) is 3.68. The van der Waals surface area contributed by atoms with Crippen molar-refractivity contribution in [1.29, 1.82) is 0 Å². The van der Waals surface area contributed by atoms with E-state index in [1.807, 2.05) is 0 Å². The Morgan fingerprint density at radius 2 is 1.15 bits per heavy atom. The summed E-state index contributed by atoms with van der Waals surface area (Å²) in [6.45, 7) is 16.4. The largest absolute Gasteiger partial charge is 0.464 e. The third-order valence-electron chi connectivity index (χ3n) is 3.68. The molecular formula is C23H41NO9. The Hall–Kier alpha value is -2.36. The van der Waals surface area contributed by atoms with Crippen molar-refractivity contribution in [2.24, 2.45) is 0 Å². The predicted octanol–water partition coefficient (Wildman–Crippen LogP) is 3.96. The van der Waals surface area contributed by atoms with E-state index in [1.165, 1.54) is 0 Å². The fourth-order valence-electron chi connectivity index (χ4n) is 2.53. The van der Waals surface area contributed by atoms with Crippen LogP contribution in [-0.4, -0.2) is 69.7 Å². The summed E-state index contributed by atoms with van der Waals surface area (Å²) in [4.78, 5) is 51.2. The summed E-state index contributed by atoms with van der Waals surface area (Å²) < 4.78 is 20.9. The number of aliphatic hydroxyl groups excluding tert-OH is 1. The molecule has 0 aromatic heterocycles. The molecule has 0 fully saturated rings. The van der Waals surface area contributed by atoms with Crippen molar-refractivity contribution >= 4 is 24.1 Å². The zero-order chi connectivity index (χ0) is 26.2. The summed E-state index contributed by atoms with van der Waals surface area (Å²) in [6, 6.07) is -1.40. The average molecular weight is 476 g/mol. The van der Waals surface area contributed by atoms with Crippen LogP contribution in [-0.2, 0) is 28.5 Å². The van der Waals surface area contributed by atoms with Crippen molar-refractivity contribution in [1.82, 2.24) is 4.90 Å². The van der Waals surface area contributed by atoms with E-state index in [0.29, 0.717) is 4.90 Å². The molecule has 0 rings (SSSR count). The van der Waals surface area contributed by atoms with Crippen LogP contribution in [0.3, 0.4) is 0 Å². The number of amides is 2. The zero-order valence-electron chi connectivity index (χ0n) is 21.6. The fourth-order valence-corrected chi connectivity index (χ4v) is 2.53. The summed E-state index contributed by atoms with van der Waals surface area (Å²) in [5, 5.41) is 9.96. The van der Waals surface area contributed by atoms with Gasteiger partial charge in [-0.25, -0.2) is 19.2 Å². The number of nitrogens with zero attached hydrogens (tertiary/aromatic N) is 1. The average Bonchev–Trinajstić information content (AvgIpc) is 2.55. The maximum atomic E-state index is 13.0. The minimum absolute atomic E-state index is 0.0470. The van der Waals surface area contributed by atoms with Gasteiger partial charge in [0.2, 0.25) is 0 Å². The minimum atomic E-state index is -1.40. The van der Waals surface area contributed by atoms with E-state index in [9.17, 15) is 24.3 Å². The highest BCUT2D eigenvalue weighted by Crippen LogP contribution is 2.22. The Morgan fingerprint density at radius 3 is 1.52 bits per heavy atom. The molecule has 0 aliphatic carbocycles. The topological polar surface area (TPSA) is 129 Å². The first-order chi connectivity index (χ1) is 14.8. The highest BCUT2D eigenvalue weighted by molar-refractivity contribution is 5.94. The molecule has 0 unspecified atom stereocenters. The summed E-state index contributed by atoms with van der Waals surface area (Å²) in [5.74, 6) is -1.63. The van der Waals surface area contributed by atoms with Crippen LogP contribution in [0.2, 0.25) is 0 Å². The molecule has 1 N–H and O–H groups in total. The lowest BCUT2D eigenvalue weighted by atomic mass is 10.1. The number of ether oxygens (including phenoxy) is 4. The van der Waals surface area contributed by atoms with Crippen molar-refractivity contribution in [2.45, 2.75) is 117 Å². The second-order valence-corrected chi connectivity index (χ2v) is 10.6. The third kappa shape index (κ3) is 13.1. The van der Waals surface area contributed by atoms with Crippen LogP contribution < -0.4 is 0 Å². The Bertz CT molecular complexity index is 656. The Balaban J connectivity index is 5.96. The Kier molecular flexibility index (Phi) is 11.3. The van der Waals surface area contributed by atoms with Gasteiger partial charge in [-0.15, -0.1) is 0 Å². The molecule has 0 aromatic rings. The SMILES string of the molecule is CCOC(=O)[C@@H](O)CCC[C@@H](C(=O)OC(C)(C)C)N(C(=O)OC(C)(C)C)C(=O)OC(C)(C)C. The number of imide groups is 1. The van der Waals surface area contributed by atoms with E-state index >= 15 is 0 Å². The van der Waals surface area contributed by atoms with Gasteiger partial charge >= 0.3 is 24.1 Å². The number of hydrogen-bond donors (Lipinski definition) is 1. The molecular weight excluding hydrogens is 434 g/mol. The number of aliphatic hydroxyl groups is 1. The molecule has 0 aliphatic heterocycles. The van der Waals surface area contributed by atoms with Crippen LogP contribution >= 0.6 is 0 Å². The van der Waals surface area contributed by atoms with Crippen LogP contribution in [0.1, 0.15) is 88.5 Å². The molecule has 33 heavy (non-hydrogen) atoms. The molecule has 10 heteroatoms. The van der Waals surface area contributed by atoms with E-state index < -0.39 is 53.1 Å². The first kappa shape index (κ1) is 30.6. The minimum Gasteiger partial charge on any atom is -0.464 e. The van der Waals surface area contributed by atoms with E-state index in [4.69, 9.17) is 18.9 Å². The number of hydrogen-bond acceptors (Lipinski definition) is 9. The smallest absolute Gasteiger partial charge is 0.420 e. The quantitative estimate of drug-likeness (QED) is 0.409. The molecule has 0 bridgehead atoms. The first-order valence-electron chi connectivity index (χ1n) is 11.1. The second-order valence-electron chi connectivity index (χ2n) is 10.6. The van der Waals surface area contributed by atoms with Gasteiger partial charge in [0.15, 0.2) is 6.10 Å². The maximum Gasteiger partial charge on any atom is 0.420 e. The maximum absolute atomic E-state index is 13.0. The van der Waals surface area contributed by atoms with Crippen LogP contribution in [0.15, 0.2) is 0 Å². The summed E-state index contributed by atoms with van der Waals surface area (Å²) in [7, 11) is 0. The molecule has 0 aromatic carbocycles. The second kappa shape index (κ2) is 12.2. The molecule has 192 valence electrons. The first-order valence-corrected chi connectivity index (χ1v) is 11.1. The number of carbonyl (C=O) groups excluding carboxylic acids is 4. The van der Waals surface area contributed by atoms with Gasteiger partial charge in [0.25, 0.3) is 0 Å². The molecule has 0 heterocycles. The Morgan fingerprint density at radius 1 is 0.727 bits per heavy atom. The lowest BCUT2D eigenvalue weighted by molar-refractivity contribution is -0.161. The summed E-state index contributed by atoms with van der Waals surface area (Å²) in [5.41, 5.74) is -2.79. The van der Waals surface area contributed by atoms with Crippen molar-refractivity contribution in [2.75, 3.05) is 6.61 Å². The van der Waals surface area contributed by atoms with E-state index in [1.54, 1.807) is 69.2 Å². The van der Waals surface area contributed by atoms with Gasteiger partial charge in [-0.3, -0.25) is 0 Å². The van der Waals surface area contributed by atoms with Gasteiger partial charge in [0.05, 0.1) is 6.61 Å². The monoisotopic (exact) mass is 475 g/mol. The van der Waals surface area contributed by atoms with E-state index in [-0.39, 0.29) is 25.9 Å². The molecule has 0 radical (unpaired) electrons. The lowest BCUT2D eigenvalue weighted by Gasteiger charge is -2.33. The molecule has 0 spiro atoms. The van der Waals surface area contributed by atoms with E-state index in [2.05, 4.69) is 0 Å².